The second-order valence-electron chi connectivity index (χ2n) is 2.54. The molecule has 0 bridgehead atoms. The molecule has 0 saturated heterocycles. The van der Waals surface area contributed by atoms with Crippen molar-refractivity contribution in [2.24, 2.45) is 0 Å². The Labute approximate surface area is 113 Å². The van der Waals surface area contributed by atoms with Gasteiger partial charge in [-0.3, -0.25) is 0 Å². The van der Waals surface area contributed by atoms with E-state index in [1.807, 2.05) is 0 Å². The van der Waals surface area contributed by atoms with E-state index in [4.69, 9.17) is 0 Å². The van der Waals surface area contributed by atoms with Crippen molar-refractivity contribution in [2.45, 2.75) is 0 Å². The molecule has 1 heterocycles. The van der Waals surface area contributed by atoms with Gasteiger partial charge in [0.15, 0.2) is 0 Å². The van der Waals surface area contributed by atoms with Crippen LogP contribution in [0.3, 0.4) is 0 Å². The van der Waals surface area contributed by atoms with Crippen molar-refractivity contribution in [1.29, 1.82) is 0 Å². The van der Waals surface area contributed by atoms with E-state index in [-0.39, 0.29) is 11.3 Å². The summed E-state index contributed by atoms with van der Waals surface area (Å²) in [5.74, 6) is -1.10. The third-order valence-corrected chi connectivity index (χ3v) is 3.93. The Hall–Kier alpha value is -0.253. The van der Waals surface area contributed by atoms with Crippen LogP contribution in [0, 0.1) is 0 Å². The zero-order valence-corrected chi connectivity index (χ0v) is 14.8. The number of methoxy groups -OCH3 is 2. The summed E-state index contributed by atoms with van der Waals surface area (Å²) in [6, 6.07) is 0. The van der Waals surface area contributed by atoms with E-state index >= 15 is 0 Å². The Bertz CT molecular complexity index is 379. The van der Waals surface area contributed by atoms with Crippen LogP contribution >= 0.6 is 0 Å². The average molecular weight is 422 g/mol. The molecule has 0 aliphatic rings. The molecular formula is C7H8N2O4Sn2. The van der Waals surface area contributed by atoms with Gasteiger partial charge < -0.3 is 0 Å². The van der Waals surface area contributed by atoms with Crippen molar-refractivity contribution in [3.05, 3.63) is 11.3 Å². The minimum atomic E-state index is -0.559. The zero-order chi connectivity index (χ0) is 11.6. The van der Waals surface area contributed by atoms with Gasteiger partial charge in [0.2, 0.25) is 0 Å². The molecule has 6 nitrogen and oxygen atoms in total. The first-order valence-electron chi connectivity index (χ1n) is 3.83. The first kappa shape index (κ1) is 12.8. The van der Waals surface area contributed by atoms with E-state index in [1.54, 1.807) is 0 Å². The molecule has 0 saturated carbocycles. The second-order valence-corrected chi connectivity index (χ2v) is 5.49. The van der Waals surface area contributed by atoms with Crippen LogP contribution in [0.5, 0.6) is 0 Å². The van der Waals surface area contributed by atoms with Crippen LogP contribution in [0.4, 0.5) is 0 Å². The molecule has 0 fully saturated rings. The van der Waals surface area contributed by atoms with Gasteiger partial charge in [-0.15, -0.1) is 0 Å². The number of hydrogen-bond acceptors (Lipinski definition) is 5. The molecule has 78 valence electrons. The molecule has 0 unspecified atom stereocenters. The van der Waals surface area contributed by atoms with E-state index in [0.29, 0.717) is 49.0 Å². The molecular weight excluding hydrogens is 414 g/mol. The van der Waals surface area contributed by atoms with Gasteiger partial charge in [0.25, 0.3) is 0 Å². The summed E-state index contributed by atoms with van der Waals surface area (Å²) in [5, 5.41) is 4.08. The van der Waals surface area contributed by atoms with Crippen molar-refractivity contribution in [2.75, 3.05) is 14.2 Å². The summed E-state index contributed by atoms with van der Waals surface area (Å²) >= 11 is 1.23. The molecule has 0 spiro atoms. The van der Waals surface area contributed by atoms with E-state index < -0.39 is 11.9 Å². The molecule has 4 radical (unpaired) electrons. The maximum atomic E-state index is 11.4. The van der Waals surface area contributed by atoms with Crippen molar-refractivity contribution in [1.82, 2.24) is 8.00 Å². The van der Waals surface area contributed by atoms with Gasteiger partial charge in [-0.2, -0.15) is 0 Å². The second kappa shape index (κ2) is 5.19. The van der Waals surface area contributed by atoms with Crippen LogP contribution in [0.15, 0.2) is 0 Å². The number of rotatable bonds is 2. The molecule has 0 atom stereocenters. The first-order chi connectivity index (χ1) is 7.02. The summed E-state index contributed by atoms with van der Waals surface area (Å²) in [6.45, 7) is 0. The molecule has 0 aromatic carbocycles. The monoisotopic (exact) mass is 424 g/mol. The Morgan fingerprint density at radius 1 is 1.27 bits per heavy atom. The van der Waals surface area contributed by atoms with Gasteiger partial charge in [-0.25, -0.2) is 0 Å². The number of carbonyl (C=O) groups excluding carboxylic acids is 2. The summed E-state index contributed by atoms with van der Waals surface area (Å²) in [4.78, 5) is 22.9. The fourth-order valence-corrected chi connectivity index (χ4v) is 4.24. The Morgan fingerprint density at radius 3 is 2.27 bits per heavy atom. The van der Waals surface area contributed by atoms with Crippen molar-refractivity contribution >= 4 is 61.0 Å². The predicted octanol–water partition coefficient (Wildman–Crippen LogP) is -2.35. The number of nitrogens with zero attached hydrogens (tertiary/aromatic N) is 2. The maximum absolute atomic E-state index is 11.4. The molecule has 0 N–H and O–H groups in total. The zero-order valence-electron chi connectivity index (χ0n) is 8.18. The van der Waals surface area contributed by atoms with Crippen LogP contribution in [0.1, 0.15) is 20.8 Å². The molecule has 1 aromatic rings. The van der Waals surface area contributed by atoms with Crippen LogP contribution < -0.4 is 3.71 Å². The quantitative estimate of drug-likeness (QED) is 0.395. The summed E-state index contributed by atoms with van der Waals surface area (Å²) in [7, 11) is 2.54. The number of ether oxygens (including phenoxy) is 2. The van der Waals surface area contributed by atoms with Gasteiger partial charge in [-0.1, -0.05) is 0 Å². The molecule has 8 heteroatoms. The van der Waals surface area contributed by atoms with Crippen LogP contribution in [0.2, 0.25) is 0 Å². The standard InChI is InChI=1S/C7H7N2O4.2Sn.2H/c1-12-6(10)4-3-8-9-5(4)7(11)13-2;;;;/h1-2H3,(H,8,9,10,11);;;;/q;;+1;;/p-1. The normalized spacial score (nSPS) is 9.87. The van der Waals surface area contributed by atoms with Gasteiger partial charge >= 0.3 is 114 Å². The van der Waals surface area contributed by atoms with Gasteiger partial charge in [0.1, 0.15) is 0 Å². The van der Waals surface area contributed by atoms with Crippen molar-refractivity contribution in [3.63, 3.8) is 0 Å². The molecule has 15 heavy (non-hydrogen) atoms. The summed E-state index contributed by atoms with van der Waals surface area (Å²) < 4.78 is 11.3. The predicted molar refractivity (Wildman–Crippen MR) is 54.2 cm³/mol. The molecule has 0 aliphatic heterocycles. The number of hydrogen-bond donors (Lipinski definition) is 0. The van der Waals surface area contributed by atoms with Crippen LogP contribution in [-0.2, 0) is 9.47 Å². The Kier molecular flexibility index (Phi) is 4.43. The summed E-state index contributed by atoms with van der Waals surface area (Å²) in [5.41, 5.74) is 0.425. The molecule has 1 aromatic heterocycles. The molecule has 1 rings (SSSR count). The molecule has 0 aliphatic carbocycles. The third kappa shape index (κ3) is 2.46. The number of carbonyl (C=O) groups is 2. The fraction of sp³-hybridized carbons (Fsp3) is 0.286. The van der Waals surface area contributed by atoms with E-state index in [0.717, 1.165) is 0 Å². The topological polar surface area (TPSA) is 70.4 Å². The van der Waals surface area contributed by atoms with Crippen molar-refractivity contribution in [3.8, 4) is 0 Å². The minimum absolute atomic E-state index is 0.189. The SMILES string of the molecule is COC(=O)c1[c]([SnH])n[n]([SnH])c1C(=O)OC. The summed E-state index contributed by atoms with van der Waals surface area (Å²) in [6.07, 6.45) is 0. The fourth-order valence-electron chi connectivity index (χ4n) is 1.05. The number of esters is 2. The average Bonchev–Trinajstić information content (AvgIpc) is 2.51. The van der Waals surface area contributed by atoms with Gasteiger partial charge in [-0.05, 0) is 0 Å². The van der Waals surface area contributed by atoms with E-state index in [1.165, 1.54) is 17.1 Å². The third-order valence-electron chi connectivity index (χ3n) is 1.71. The van der Waals surface area contributed by atoms with E-state index in [2.05, 4.69) is 14.6 Å². The van der Waals surface area contributed by atoms with Gasteiger partial charge in [0, 0.05) is 0 Å². The van der Waals surface area contributed by atoms with Crippen LogP contribution in [0.25, 0.3) is 0 Å². The Morgan fingerprint density at radius 2 is 1.80 bits per heavy atom. The Balaban J connectivity index is 3.35. The van der Waals surface area contributed by atoms with Crippen LogP contribution in [-0.4, -0.2) is 79.5 Å². The van der Waals surface area contributed by atoms with Crippen molar-refractivity contribution < 1.29 is 19.1 Å². The molecule has 0 amide bonds. The van der Waals surface area contributed by atoms with E-state index in [9.17, 15) is 9.59 Å². The van der Waals surface area contributed by atoms with Gasteiger partial charge in [0.05, 0.1) is 0 Å². The number of aromatic nitrogens is 2. The first-order valence-corrected chi connectivity index (χ1v) is 6.95.